The van der Waals surface area contributed by atoms with E-state index in [0.29, 0.717) is 11.3 Å². The fourth-order valence-electron chi connectivity index (χ4n) is 1.76. The number of hydrogen-bond acceptors (Lipinski definition) is 2. The average molecular weight is 239 g/mol. The molecule has 2 rings (SSSR count). The minimum absolute atomic E-state index is 0.228. The summed E-state index contributed by atoms with van der Waals surface area (Å²) in [7, 11) is 3.80. The van der Waals surface area contributed by atoms with Crippen LogP contribution in [-0.4, -0.2) is 27.0 Å². The number of aliphatic imine (C=N–C) groups is 1. The van der Waals surface area contributed by atoms with E-state index >= 15 is 0 Å². The van der Waals surface area contributed by atoms with Gasteiger partial charge < -0.3 is 5.11 Å². The van der Waals surface area contributed by atoms with Crippen LogP contribution in [0, 0.1) is 5.82 Å². The lowest BCUT2D eigenvalue weighted by Crippen LogP contribution is -2.15. The van der Waals surface area contributed by atoms with Crippen molar-refractivity contribution in [3.63, 3.8) is 0 Å². The lowest BCUT2D eigenvalue weighted by atomic mass is 9.85. The summed E-state index contributed by atoms with van der Waals surface area (Å²) in [6, 6.07) is 9.65. The number of phenolic OH excluding ortho intramolecular Hbond substituents is 1. The van der Waals surface area contributed by atoms with Crippen LogP contribution in [-0.2, 0) is 0 Å². The summed E-state index contributed by atoms with van der Waals surface area (Å²) in [4.78, 5) is 4.21. The second kappa shape index (κ2) is 5.08. The molecule has 0 aliphatic heterocycles. The summed E-state index contributed by atoms with van der Waals surface area (Å²) in [5.41, 5.74) is 3.19. The maximum atomic E-state index is 12.7. The first-order chi connectivity index (χ1) is 8.56. The van der Waals surface area contributed by atoms with Crippen LogP contribution in [0.5, 0.6) is 5.75 Å². The zero-order valence-electron chi connectivity index (χ0n) is 10.3. The molecule has 2 nitrogen and oxygen atoms in total. The fraction of sp³-hybridized carbons (Fsp3) is 0. The largest absolute Gasteiger partial charge is 0.508 e. The van der Waals surface area contributed by atoms with Crippen LogP contribution in [0.25, 0.3) is 0 Å². The van der Waals surface area contributed by atoms with Gasteiger partial charge in [-0.25, -0.2) is 4.39 Å². The maximum absolute atomic E-state index is 12.7. The van der Waals surface area contributed by atoms with Crippen molar-refractivity contribution in [2.75, 3.05) is 0 Å². The van der Waals surface area contributed by atoms with Gasteiger partial charge in [-0.15, -0.1) is 0 Å². The molecule has 0 bridgehead atoms. The Hall–Kier alpha value is -2.03. The Morgan fingerprint density at radius 3 is 2.44 bits per heavy atom. The highest BCUT2D eigenvalue weighted by Gasteiger charge is 2.02. The molecule has 0 radical (unpaired) electrons. The van der Waals surface area contributed by atoms with Crippen molar-refractivity contribution in [2.45, 2.75) is 0 Å². The normalized spacial score (nSPS) is 10.9. The van der Waals surface area contributed by atoms with Crippen LogP contribution < -0.4 is 10.9 Å². The molecular weight excluding hydrogens is 227 g/mol. The molecule has 0 aliphatic rings. The molecule has 0 spiro atoms. The van der Waals surface area contributed by atoms with E-state index in [0.717, 1.165) is 10.9 Å². The monoisotopic (exact) mass is 239 g/mol. The van der Waals surface area contributed by atoms with E-state index in [2.05, 4.69) is 4.99 Å². The van der Waals surface area contributed by atoms with Crippen molar-refractivity contribution >= 4 is 38.5 Å². The third-order valence-electron chi connectivity index (χ3n) is 2.65. The van der Waals surface area contributed by atoms with Crippen LogP contribution in [0.15, 0.2) is 41.4 Å². The SMILES string of the molecule is Bc1cc(B)c(O)c(/C=N/c2ccc(F)cc2)c1. The van der Waals surface area contributed by atoms with E-state index < -0.39 is 0 Å². The van der Waals surface area contributed by atoms with Gasteiger partial charge in [0.25, 0.3) is 0 Å². The highest BCUT2D eigenvalue weighted by atomic mass is 19.1. The molecular formula is C13H12B2FNO. The summed E-state index contributed by atoms with van der Waals surface area (Å²) in [6.07, 6.45) is 1.59. The van der Waals surface area contributed by atoms with Crippen LogP contribution in [0.4, 0.5) is 10.1 Å². The number of hydrogen-bond donors (Lipinski definition) is 1. The van der Waals surface area contributed by atoms with Crippen molar-refractivity contribution in [3.05, 3.63) is 47.8 Å². The molecule has 0 fully saturated rings. The highest BCUT2D eigenvalue weighted by molar-refractivity contribution is 6.39. The minimum atomic E-state index is -0.289. The van der Waals surface area contributed by atoms with Gasteiger partial charge >= 0.3 is 0 Å². The summed E-state index contributed by atoms with van der Waals surface area (Å²) < 4.78 is 12.7. The van der Waals surface area contributed by atoms with Gasteiger partial charge in [0.05, 0.1) is 5.69 Å². The van der Waals surface area contributed by atoms with Crippen molar-refractivity contribution in [1.82, 2.24) is 0 Å². The molecule has 0 unspecified atom stereocenters. The number of aromatic hydroxyl groups is 1. The Labute approximate surface area is 107 Å². The van der Waals surface area contributed by atoms with Gasteiger partial charge in [0, 0.05) is 11.8 Å². The average Bonchev–Trinajstić information content (AvgIpc) is 2.34. The highest BCUT2D eigenvalue weighted by Crippen LogP contribution is 2.14. The lowest BCUT2D eigenvalue weighted by molar-refractivity contribution is 0.479. The topological polar surface area (TPSA) is 32.6 Å². The first kappa shape index (κ1) is 12.4. The second-order valence-corrected chi connectivity index (χ2v) is 4.25. The summed E-state index contributed by atoms with van der Waals surface area (Å²) in [5.74, 6) is -0.0605. The van der Waals surface area contributed by atoms with Crippen LogP contribution in [0.3, 0.4) is 0 Å². The first-order valence-electron chi connectivity index (χ1n) is 5.66. The molecule has 0 aromatic heterocycles. The summed E-state index contributed by atoms with van der Waals surface area (Å²) >= 11 is 0. The van der Waals surface area contributed by atoms with E-state index in [9.17, 15) is 9.50 Å². The predicted octanol–water partition coefficient (Wildman–Crippen LogP) is -0.201. The number of halogens is 1. The molecule has 0 heterocycles. The third-order valence-corrected chi connectivity index (χ3v) is 2.65. The molecule has 0 amide bonds. The molecule has 1 N–H and O–H groups in total. The van der Waals surface area contributed by atoms with Crippen LogP contribution >= 0.6 is 0 Å². The molecule has 0 saturated carbocycles. The van der Waals surface area contributed by atoms with Crippen molar-refractivity contribution < 1.29 is 9.50 Å². The van der Waals surface area contributed by atoms with Crippen LogP contribution in [0.2, 0.25) is 0 Å². The van der Waals surface area contributed by atoms with Gasteiger partial charge in [-0.05, 0) is 29.7 Å². The Morgan fingerprint density at radius 2 is 1.78 bits per heavy atom. The first-order valence-corrected chi connectivity index (χ1v) is 5.66. The van der Waals surface area contributed by atoms with Crippen molar-refractivity contribution in [3.8, 4) is 5.75 Å². The molecule has 88 valence electrons. The Morgan fingerprint density at radius 1 is 1.11 bits per heavy atom. The van der Waals surface area contributed by atoms with Gasteiger partial charge in [-0.2, -0.15) is 0 Å². The smallest absolute Gasteiger partial charge is 0.144 e. The third kappa shape index (κ3) is 2.80. The number of nitrogens with zero attached hydrogens (tertiary/aromatic N) is 1. The number of rotatable bonds is 2. The molecule has 0 atom stereocenters. The molecule has 0 saturated heterocycles. The summed E-state index contributed by atoms with van der Waals surface area (Å²) in [5, 5.41) is 9.89. The van der Waals surface area contributed by atoms with E-state index in [-0.39, 0.29) is 11.6 Å². The Balaban J connectivity index is 2.31. The van der Waals surface area contributed by atoms with Gasteiger partial charge in [0.15, 0.2) is 0 Å². The zero-order valence-corrected chi connectivity index (χ0v) is 10.3. The molecule has 5 heteroatoms. The van der Waals surface area contributed by atoms with Gasteiger partial charge in [0.1, 0.15) is 27.3 Å². The standard InChI is InChI=1S/C13H12B2FNO/c14-9-5-8(13(18)12(15)6-9)7-17-11-3-1-10(16)2-4-11/h1-7,18H,14-15H2/b17-7+. The van der Waals surface area contributed by atoms with E-state index in [1.165, 1.54) is 12.1 Å². The fourth-order valence-corrected chi connectivity index (χ4v) is 1.76. The number of benzene rings is 2. The lowest BCUT2D eigenvalue weighted by Gasteiger charge is -2.05. The van der Waals surface area contributed by atoms with Gasteiger partial charge in [0.2, 0.25) is 0 Å². The maximum Gasteiger partial charge on any atom is 0.144 e. The van der Waals surface area contributed by atoms with Crippen LogP contribution in [0.1, 0.15) is 5.56 Å². The van der Waals surface area contributed by atoms with E-state index in [4.69, 9.17) is 0 Å². The van der Waals surface area contributed by atoms with E-state index in [1.54, 1.807) is 18.3 Å². The van der Waals surface area contributed by atoms with Gasteiger partial charge in [-0.1, -0.05) is 17.6 Å². The Bertz CT molecular complexity index is 597. The summed E-state index contributed by atoms with van der Waals surface area (Å²) in [6.45, 7) is 0. The number of phenols is 1. The quantitative estimate of drug-likeness (QED) is 0.571. The zero-order chi connectivity index (χ0) is 13.1. The van der Waals surface area contributed by atoms with Crippen molar-refractivity contribution in [1.29, 1.82) is 0 Å². The minimum Gasteiger partial charge on any atom is -0.508 e. The molecule has 2 aromatic rings. The second-order valence-electron chi connectivity index (χ2n) is 4.25. The predicted molar refractivity (Wildman–Crippen MR) is 78.1 cm³/mol. The van der Waals surface area contributed by atoms with Crippen molar-refractivity contribution in [2.24, 2.45) is 4.99 Å². The molecule has 2 aromatic carbocycles. The molecule has 0 aliphatic carbocycles. The van der Waals surface area contributed by atoms with Gasteiger partial charge in [-0.3, -0.25) is 4.99 Å². The Kier molecular flexibility index (Phi) is 3.51. The van der Waals surface area contributed by atoms with E-state index in [1.807, 2.05) is 27.8 Å². The molecule has 18 heavy (non-hydrogen) atoms.